The van der Waals surface area contributed by atoms with Crippen molar-refractivity contribution >= 4 is 0 Å². The van der Waals surface area contributed by atoms with Crippen LogP contribution < -0.4 is 0 Å². The van der Waals surface area contributed by atoms with Gasteiger partial charge in [0.25, 0.3) is 0 Å². The first kappa shape index (κ1) is 8.28. The molecule has 0 saturated carbocycles. The van der Waals surface area contributed by atoms with Gasteiger partial charge < -0.3 is 0 Å². The number of hydrogen-bond acceptors (Lipinski definition) is 0. The summed E-state index contributed by atoms with van der Waals surface area (Å²) in [5, 5.41) is 9.75. The van der Waals surface area contributed by atoms with Crippen molar-refractivity contribution in [1.82, 2.24) is 0 Å². The smallest absolute Gasteiger partial charge is 0.139 e. The highest BCUT2D eigenvalue weighted by Gasteiger charge is 1.71. The number of allylic oxidation sites excluding steroid dienone is 3. The third-order valence-corrected chi connectivity index (χ3v) is 0.990. The van der Waals surface area contributed by atoms with Gasteiger partial charge in [-0.3, -0.25) is 5.11 Å². The molecule has 0 N–H and O–H groups in total. The minimum absolute atomic E-state index is 0.781. The molecule has 9 heavy (non-hydrogen) atoms. The Morgan fingerprint density at radius 3 is 2.56 bits per heavy atom. The van der Waals surface area contributed by atoms with Gasteiger partial charge in [0.1, 0.15) is 6.26 Å². The van der Waals surface area contributed by atoms with Crippen molar-refractivity contribution in [1.29, 1.82) is 0 Å². The van der Waals surface area contributed by atoms with E-state index in [2.05, 4.69) is 13.0 Å². The molecule has 1 heteroatoms. The van der Waals surface area contributed by atoms with Crippen molar-refractivity contribution in [3.63, 3.8) is 0 Å². The maximum atomic E-state index is 9.75. The standard InChI is InChI=1S/C8H13O/c1-2-3-4-5-6-7-8-9/h4-5,7-8H,2-3,6H2,1H3. The second-order valence-electron chi connectivity index (χ2n) is 1.87. The Morgan fingerprint density at radius 2 is 2.00 bits per heavy atom. The largest absolute Gasteiger partial charge is 0.299 e. The molecular formula is C8H13O. The Labute approximate surface area is 56.7 Å². The molecule has 0 aromatic rings. The number of rotatable bonds is 4. The van der Waals surface area contributed by atoms with Crippen molar-refractivity contribution in [2.45, 2.75) is 26.2 Å². The second-order valence-corrected chi connectivity index (χ2v) is 1.87. The summed E-state index contributed by atoms with van der Waals surface area (Å²) in [6.45, 7) is 2.13. The lowest BCUT2D eigenvalue weighted by molar-refractivity contribution is 0.350. The summed E-state index contributed by atoms with van der Waals surface area (Å²) in [6, 6.07) is 0. The van der Waals surface area contributed by atoms with Crippen LogP contribution in [0.1, 0.15) is 26.2 Å². The lowest BCUT2D eigenvalue weighted by Gasteiger charge is -1.81. The molecule has 0 aliphatic carbocycles. The Hall–Kier alpha value is -0.720. The van der Waals surface area contributed by atoms with Crippen LogP contribution in [0.4, 0.5) is 0 Å². The zero-order chi connectivity index (χ0) is 6.95. The van der Waals surface area contributed by atoms with Gasteiger partial charge in [-0.15, -0.1) is 0 Å². The Morgan fingerprint density at radius 1 is 1.22 bits per heavy atom. The fraction of sp³-hybridized carbons (Fsp3) is 0.500. The van der Waals surface area contributed by atoms with Crippen LogP contribution in [0, 0.1) is 0 Å². The molecule has 1 radical (unpaired) electrons. The molecule has 0 aromatic heterocycles. The second kappa shape index (κ2) is 7.28. The molecule has 0 rings (SSSR count). The van der Waals surface area contributed by atoms with Crippen molar-refractivity contribution in [2.75, 3.05) is 0 Å². The third-order valence-electron chi connectivity index (χ3n) is 0.990. The fourth-order valence-corrected chi connectivity index (χ4v) is 0.515. The summed E-state index contributed by atoms with van der Waals surface area (Å²) < 4.78 is 0. The molecule has 0 spiro atoms. The predicted octanol–water partition coefficient (Wildman–Crippen LogP) is 2.68. The van der Waals surface area contributed by atoms with Crippen molar-refractivity contribution in [3.8, 4) is 0 Å². The van der Waals surface area contributed by atoms with E-state index in [0.717, 1.165) is 19.1 Å². The van der Waals surface area contributed by atoms with Crippen LogP contribution in [-0.4, -0.2) is 0 Å². The van der Waals surface area contributed by atoms with E-state index in [-0.39, 0.29) is 0 Å². The van der Waals surface area contributed by atoms with Gasteiger partial charge in [-0.2, -0.15) is 0 Å². The molecule has 0 bridgehead atoms. The minimum Gasteiger partial charge on any atom is -0.299 e. The van der Waals surface area contributed by atoms with E-state index in [1.807, 2.05) is 6.08 Å². The highest BCUT2D eigenvalue weighted by atomic mass is 16.2. The normalized spacial score (nSPS) is 11.7. The van der Waals surface area contributed by atoms with Gasteiger partial charge in [0, 0.05) is 0 Å². The van der Waals surface area contributed by atoms with E-state index >= 15 is 0 Å². The van der Waals surface area contributed by atoms with Gasteiger partial charge in [-0.25, -0.2) is 0 Å². The lowest BCUT2D eigenvalue weighted by Crippen LogP contribution is -1.61. The number of hydrogen-bond donors (Lipinski definition) is 0. The van der Waals surface area contributed by atoms with Gasteiger partial charge in [0.05, 0.1) is 0 Å². The van der Waals surface area contributed by atoms with Gasteiger partial charge >= 0.3 is 0 Å². The first-order valence-corrected chi connectivity index (χ1v) is 3.33. The van der Waals surface area contributed by atoms with E-state index in [1.54, 1.807) is 6.08 Å². The zero-order valence-electron chi connectivity index (χ0n) is 5.84. The average molecular weight is 125 g/mol. The van der Waals surface area contributed by atoms with Crippen LogP contribution in [0.5, 0.6) is 0 Å². The van der Waals surface area contributed by atoms with E-state index in [0.29, 0.717) is 0 Å². The van der Waals surface area contributed by atoms with Crippen LogP contribution >= 0.6 is 0 Å². The van der Waals surface area contributed by atoms with Crippen LogP contribution in [0.25, 0.3) is 0 Å². The molecule has 0 saturated heterocycles. The van der Waals surface area contributed by atoms with Crippen molar-refractivity contribution < 1.29 is 5.11 Å². The van der Waals surface area contributed by atoms with Crippen LogP contribution in [0.15, 0.2) is 24.5 Å². The van der Waals surface area contributed by atoms with E-state index in [9.17, 15) is 5.11 Å². The third kappa shape index (κ3) is 7.28. The summed E-state index contributed by atoms with van der Waals surface area (Å²) in [5.74, 6) is 0. The molecule has 1 nitrogen and oxygen atoms in total. The summed E-state index contributed by atoms with van der Waals surface area (Å²) in [7, 11) is 0. The minimum atomic E-state index is 0.781. The average Bonchev–Trinajstić information content (AvgIpc) is 1.89. The quantitative estimate of drug-likeness (QED) is 0.406. The van der Waals surface area contributed by atoms with E-state index in [4.69, 9.17) is 0 Å². The Bertz CT molecular complexity index is 92.7. The predicted molar refractivity (Wildman–Crippen MR) is 38.5 cm³/mol. The summed E-state index contributed by atoms with van der Waals surface area (Å²) in [4.78, 5) is 0. The summed E-state index contributed by atoms with van der Waals surface area (Å²) in [6.07, 6.45) is 9.62. The molecule has 0 heterocycles. The summed E-state index contributed by atoms with van der Waals surface area (Å²) in [5.41, 5.74) is 0. The molecule has 0 aliphatic rings. The van der Waals surface area contributed by atoms with Gasteiger partial charge in [-0.05, 0) is 18.9 Å². The van der Waals surface area contributed by atoms with E-state index < -0.39 is 0 Å². The first-order valence-electron chi connectivity index (χ1n) is 3.33. The van der Waals surface area contributed by atoms with Crippen LogP contribution in [-0.2, 0) is 5.11 Å². The fourth-order valence-electron chi connectivity index (χ4n) is 0.515. The molecule has 0 aliphatic heterocycles. The summed E-state index contributed by atoms with van der Waals surface area (Å²) >= 11 is 0. The first-order chi connectivity index (χ1) is 4.41. The maximum Gasteiger partial charge on any atom is 0.139 e. The molecular weight excluding hydrogens is 112 g/mol. The highest BCUT2D eigenvalue weighted by molar-refractivity contribution is 4.89. The maximum absolute atomic E-state index is 9.75. The van der Waals surface area contributed by atoms with Gasteiger partial charge in [0.15, 0.2) is 0 Å². The van der Waals surface area contributed by atoms with Crippen molar-refractivity contribution in [2.24, 2.45) is 0 Å². The zero-order valence-corrected chi connectivity index (χ0v) is 5.84. The Kier molecular flexibility index (Phi) is 6.70. The molecule has 0 atom stereocenters. The molecule has 0 aromatic carbocycles. The topological polar surface area (TPSA) is 19.9 Å². The lowest BCUT2D eigenvalue weighted by atomic mass is 10.3. The molecule has 0 unspecified atom stereocenters. The van der Waals surface area contributed by atoms with E-state index in [1.165, 1.54) is 6.42 Å². The van der Waals surface area contributed by atoms with Crippen molar-refractivity contribution in [3.05, 3.63) is 24.5 Å². The van der Waals surface area contributed by atoms with Gasteiger partial charge in [-0.1, -0.05) is 25.5 Å². The Balaban J connectivity index is 3.04. The van der Waals surface area contributed by atoms with Crippen LogP contribution in [0.2, 0.25) is 0 Å². The number of unbranched alkanes of at least 4 members (excludes halogenated alkanes) is 1. The highest BCUT2D eigenvalue weighted by Crippen LogP contribution is 1.91. The molecule has 51 valence electrons. The monoisotopic (exact) mass is 125 g/mol. The SMILES string of the molecule is CCCC=CCC=C[O]. The molecule has 0 fully saturated rings. The molecule has 0 amide bonds. The van der Waals surface area contributed by atoms with Crippen LogP contribution in [0.3, 0.4) is 0 Å². The van der Waals surface area contributed by atoms with Gasteiger partial charge in [0.2, 0.25) is 0 Å².